The molecular formula is C10H14N2O4S2. The van der Waals surface area contributed by atoms with Crippen molar-refractivity contribution in [2.45, 2.75) is 4.90 Å². The number of phenols is 1. The lowest BCUT2D eigenvalue weighted by molar-refractivity contribution is 0.438. The number of sulfonamides is 1. The van der Waals surface area contributed by atoms with Crippen LogP contribution in [0.5, 0.6) is 5.75 Å². The van der Waals surface area contributed by atoms with Crippen LogP contribution in [0.25, 0.3) is 0 Å². The molecule has 1 aromatic carbocycles. The molecule has 1 heterocycles. The fourth-order valence-corrected chi connectivity index (χ4v) is 4.46. The molecule has 0 aliphatic carbocycles. The Bertz CT molecular complexity index is 576. The molecule has 1 saturated heterocycles. The maximum Gasteiger partial charge on any atom is 0.243 e. The van der Waals surface area contributed by atoms with Gasteiger partial charge < -0.3 is 10.8 Å². The number of nitrogen functional groups attached to an aromatic ring is 1. The molecule has 0 radical (unpaired) electrons. The zero-order valence-corrected chi connectivity index (χ0v) is 11.2. The van der Waals surface area contributed by atoms with Crippen molar-refractivity contribution in [1.29, 1.82) is 0 Å². The number of phenolic OH excluding ortho intramolecular Hbond substituents is 1. The Morgan fingerprint density at radius 3 is 2.44 bits per heavy atom. The largest absolute Gasteiger partial charge is 0.506 e. The average Bonchev–Trinajstić information content (AvgIpc) is 2.33. The van der Waals surface area contributed by atoms with Crippen molar-refractivity contribution in [3.8, 4) is 5.75 Å². The van der Waals surface area contributed by atoms with Crippen LogP contribution in [0.15, 0.2) is 23.1 Å². The van der Waals surface area contributed by atoms with Crippen LogP contribution in [-0.4, -0.2) is 46.6 Å². The summed E-state index contributed by atoms with van der Waals surface area (Å²) in [5, 5.41) is 9.28. The van der Waals surface area contributed by atoms with Crippen LogP contribution in [0.3, 0.4) is 0 Å². The summed E-state index contributed by atoms with van der Waals surface area (Å²) in [4.78, 5) is 0.0467. The van der Waals surface area contributed by atoms with Crippen molar-refractivity contribution < 1.29 is 17.7 Å². The SMILES string of the molecule is Nc1cc(S(=O)(=O)N2CCS(=O)CC2)ccc1O. The van der Waals surface area contributed by atoms with Crippen LogP contribution in [-0.2, 0) is 20.8 Å². The summed E-state index contributed by atoms with van der Waals surface area (Å²) < 4.78 is 37.0. The summed E-state index contributed by atoms with van der Waals surface area (Å²) in [7, 11) is -4.55. The number of nitrogens with two attached hydrogens (primary N) is 1. The minimum absolute atomic E-state index is 0.0247. The van der Waals surface area contributed by atoms with Gasteiger partial charge >= 0.3 is 0 Å². The summed E-state index contributed by atoms with van der Waals surface area (Å²) in [6, 6.07) is 3.80. The highest BCUT2D eigenvalue weighted by Gasteiger charge is 2.28. The van der Waals surface area contributed by atoms with E-state index in [4.69, 9.17) is 5.73 Å². The number of benzene rings is 1. The standard InChI is InChI=1S/C10H14N2O4S2/c11-9-7-8(1-2-10(9)13)18(15,16)12-3-5-17(14)6-4-12/h1-2,7,13H,3-6,11H2. The van der Waals surface area contributed by atoms with E-state index >= 15 is 0 Å². The highest BCUT2D eigenvalue weighted by Crippen LogP contribution is 2.25. The number of rotatable bonds is 2. The van der Waals surface area contributed by atoms with E-state index < -0.39 is 20.8 Å². The van der Waals surface area contributed by atoms with Gasteiger partial charge in [0.15, 0.2) is 0 Å². The normalized spacial score (nSPS) is 18.9. The predicted molar refractivity (Wildman–Crippen MR) is 69.2 cm³/mol. The quantitative estimate of drug-likeness (QED) is 0.576. The molecule has 100 valence electrons. The van der Waals surface area contributed by atoms with Crippen LogP contribution in [0.4, 0.5) is 5.69 Å². The van der Waals surface area contributed by atoms with Crippen molar-refractivity contribution in [3.63, 3.8) is 0 Å². The van der Waals surface area contributed by atoms with E-state index in [2.05, 4.69) is 0 Å². The van der Waals surface area contributed by atoms with E-state index in [0.29, 0.717) is 11.5 Å². The van der Waals surface area contributed by atoms with Gasteiger partial charge in [0.1, 0.15) is 5.75 Å². The molecule has 3 N–H and O–H groups in total. The molecule has 1 aliphatic rings. The first kappa shape index (κ1) is 13.3. The number of aromatic hydroxyl groups is 1. The van der Waals surface area contributed by atoms with Gasteiger partial charge in [-0.3, -0.25) is 4.21 Å². The minimum Gasteiger partial charge on any atom is -0.506 e. The van der Waals surface area contributed by atoms with E-state index in [-0.39, 0.29) is 29.4 Å². The molecule has 18 heavy (non-hydrogen) atoms. The Morgan fingerprint density at radius 2 is 1.89 bits per heavy atom. The summed E-state index contributed by atoms with van der Waals surface area (Å²) in [5.74, 6) is 0.563. The van der Waals surface area contributed by atoms with Gasteiger partial charge in [-0.1, -0.05) is 0 Å². The number of anilines is 1. The Balaban J connectivity index is 2.30. The third-order valence-corrected chi connectivity index (χ3v) is 5.94. The lowest BCUT2D eigenvalue weighted by atomic mass is 10.3. The third-order valence-electron chi connectivity index (χ3n) is 2.77. The van der Waals surface area contributed by atoms with Gasteiger partial charge in [-0.05, 0) is 18.2 Å². The molecule has 0 unspecified atom stereocenters. The monoisotopic (exact) mass is 290 g/mol. The van der Waals surface area contributed by atoms with Crippen molar-refractivity contribution in [2.24, 2.45) is 0 Å². The first-order valence-corrected chi connectivity index (χ1v) is 8.27. The van der Waals surface area contributed by atoms with E-state index in [9.17, 15) is 17.7 Å². The fraction of sp³-hybridized carbons (Fsp3) is 0.400. The molecule has 0 aromatic heterocycles. The van der Waals surface area contributed by atoms with Gasteiger partial charge in [0.25, 0.3) is 0 Å². The molecule has 0 bridgehead atoms. The van der Waals surface area contributed by atoms with Crippen molar-refractivity contribution in [2.75, 3.05) is 30.3 Å². The minimum atomic E-state index is -3.62. The molecule has 8 heteroatoms. The molecule has 2 rings (SSSR count). The van der Waals surface area contributed by atoms with Gasteiger partial charge in [-0.25, -0.2) is 8.42 Å². The maximum atomic E-state index is 12.2. The molecule has 1 aromatic rings. The third kappa shape index (κ3) is 2.50. The van der Waals surface area contributed by atoms with Crippen LogP contribution < -0.4 is 5.73 Å². The van der Waals surface area contributed by atoms with E-state index in [0.717, 1.165) is 0 Å². The Kier molecular flexibility index (Phi) is 3.60. The molecular weight excluding hydrogens is 276 g/mol. The zero-order valence-electron chi connectivity index (χ0n) is 9.57. The molecule has 0 amide bonds. The highest BCUT2D eigenvalue weighted by molar-refractivity contribution is 7.89. The van der Waals surface area contributed by atoms with Crippen LogP contribution in [0.1, 0.15) is 0 Å². The first-order valence-electron chi connectivity index (χ1n) is 5.35. The molecule has 0 spiro atoms. The van der Waals surface area contributed by atoms with Crippen molar-refractivity contribution in [1.82, 2.24) is 4.31 Å². The second-order valence-corrected chi connectivity index (χ2v) is 7.61. The van der Waals surface area contributed by atoms with Gasteiger partial charge in [0.2, 0.25) is 10.0 Å². The summed E-state index contributed by atoms with van der Waals surface area (Å²) in [6.07, 6.45) is 0. The second kappa shape index (κ2) is 4.87. The van der Waals surface area contributed by atoms with E-state index in [1.165, 1.54) is 22.5 Å². The predicted octanol–water partition coefficient (Wildman–Crippen LogP) is -0.273. The Morgan fingerprint density at radius 1 is 1.28 bits per heavy atom. The topological polar surface area (TPSA) is 101 Å². The van der Waals surface area contributed by atoms with Crippen LogP contribution >= 0.6 is 0 Å². The molecule has 6 nitrogen and oxygen atoms in total. The average molecular weight is 290 g/mol. The molecule has 1 fully saturated rings. The molecule has 0 atom stereocenters. The molecule has 1 aliphatic heterocycles. The van der Waals surface area contributed by atoms with Gasteiger partial charge in [-0.15, -0.1) is 0 Å². The van der Waals surface area contributed by atoms with E-state index in [1.54, 1.807) is 0 Å². The number of nitrogens with zero attached hydrogens (tertiary/aromatic N) is 1. The first-order chi connectivity index (χ1) is 8.41. The fourth-order valence-electron chi connectivity index (χ4n) is 1.70. The smallest absolute Gasteiger partial charge is 0.243 e. The number of hydrogen-bond donors (Lipinski definition) is 2. The highest BCUT2D eigenvalue weighted by atomic mass is 32.2. The summed E-state index contributed by atoms with van der Waals surface area (Å²) in [6.45, 7) is 0.492. The maximum absolute atomic E-state index is 12.2. The summed E-state index contributed by atoms with van der Waals surface area (Å²) in [5.41, 5.74) is 5.51. The van der Waals surface area contributed by atoms with Crippen molar-refractivity contribution >= 4 is 26.5 Å². The van der Waals surface area contributed by atoms with Crippen LogP contribution in [0, 0.1) is 0 Å². The zero-order chi connectivity index (χ0) is 13.3. The lowest BCUT2D eigenvalue weighted by Gasteiger charge is -2.25. The van der Waals surface area contributed by atoms with Gasteiger partial charge in [0, 0.05) is 35.4 Å². The van der Waals surface area contributed by atoms with Crippen LogP contribution in [0.2, 0.25) is 0 Å². The second-order valence-electron chi connectivity index (χ2n) is 3.97. The van der Waals surface area contributed by atoms with Gasteiger partial charge in [0.05, 0.1) is 10.6 Å². The van der Waals surface area contributed by atoms with Gasteiger partial charge in [-0.2, -0.15) is 4.31 Å². The molecule has 0 saturated carbocycles. The Labute approximate surface area is 108 Å². The Hall–Kier alpha value is -1.12. The van der Waals surface area contributed by atoms with Crippen molar-refractivity contribution in [3.05, 3.63) is 18.2 Å². The van der Waals surface area contributed by atoms with E-state index in [1.807, 2.05) is 0 Å². The summed E-state index contributed by atoms with van der Waals surface area (Å²) >= 11 is 0. The number of hydrogen-bond acceptors (Lipinski definition) is 5. The lowest BCUT2D eigenvalue weighted by Crippen LogP contribution is -2.41.